The van der Waals surface area contributed by atoms with Crippen LogP contribution in [-0.4, -0.2) is 91.7 Å². The number of piperazine rings is 1. The number of hydrogen-bond acceptors (Lipinski definition) is 10. The normalized spacial score (nSPS) is 22.3. The summed E-state index contributed by atoms with van der Waals surface area (Å²) in [5.74, 6) is 2.20. The van der Waals surface area contributed by atoms with E-state index in [0.717, 1.165) is 77.9 Å². The largest absolute Gasteiger partial charge is 0.395 e. The van der Waals surface area contributed by atoms with Crippen molar-refractivity contribution in [2.24, 2.45) is 0 Å². The standard InChI is InChI=1S/C30H34N8O2S/c1-18-11-27(35-30(32-18)38-17-22-13-23(38)16-36(22)9-10-39)34-26-14-24-25(15-31-26)41-28(33-24)20-6-3-7-21(12-20)29(40)37-8-4-5-19(37)2/h3,6-7,11-12,14-15,19,22-23,39H,4-5,8-10,13,16-17H2,1-2H3,(H,31,32,34,35)/t19-,22+,23+/m1/s1. The number of benzene rings is 1. The Morgan fingerprint density at radius 1 is 1.12 bits per heavy atom. The van der Waals surface area contributed by atoms with Crippen LogP contribution in [0.1, 0.15) is 42.2 Å². The minimum Gasteiger partial charge on any atom is -0.395 e. The summed E-state index contributed by atoms with van der Waals surface area (Å²) in [5, 5.41) is 13.6. The average molecular weight is 571 g/mol. The van der Waals surface area contributed by atoms with Crippen LogP contribution in [0.3, 0.4) is 0 Å². The summed E-state index contributed by atoms with van der Waals surface area (Å²) in [4.78, 5) is 38.8. The molecule has 0 saturated carbocycles. The van der Waals surface area contributed by atoms with Gasteiger partial charge in [0.1, 0.15) is 16.6 Å². The number of carbonyl (C=O) groups excluding carboxylic acids is 1. The summed E-state index contributed by atoms with van der Waals surface area (Å²) in [6.07, 6.45) is 5.04. The molecule has 4 aromatic rings. The van der Waals surface area contributed by atoms with E-state index in [1.54, 1.807) is 11.3 Å². The highest BCUT2D eigenvalue weighted by Gasteiger charge is 2.44. The van der Waals surface area contributed by atoms with Gasteiger partial charge in [-0.2, -0.15) is 4.98 Å². The molecular formula is C30H34N8O2S. The molecule has 0 aliphatic carbocycles. The second kappa shape index (κ2) is 10.6. The number of hydrogen-bond donors (Lipinski definition) is 2. The number of aryl methyl sites for hydroxylation is 1. The molecule has 3 atom stereocenters. The number of carbonyl (C=O) groups is 1. The minimum absolute atomic E-state index is 0.0925. The first-order valence-electron chi connectivity index (χ1n) is 14.4. The molecular weight excluding hydrogens is 536 g/mol. The summed E-state index contributed by atoms with van der Waals surface area (Å²) < 4.78 is 0.982. The van der Waals surface area contributed by atoms with Crippen LogP contribution in [-0.2, 0) is 0 Å². The van der Waals surface area contributed by atoms with Crippen molar-refractivity contribution < 1.29 is 9.90 Å². The summed E-state index contributed by atoms with van der Waals surface area (Å²) in [7, 11) is 0. The molecule has 0 radical (unpaired) electrons. The van der Waals surface area contributed by atoms with Crippen LogP contribution >= 0.6 is 11.3 Å². The topological polar surface area (TPSA) is 111 Å². The number of rotatable bonds is 7. The molecule has 0 spiro atoms. The molecule has 3 aliphatic rings. The number of aliphatic hydroxyl groups excluding tert-OH is 1. The average Bonchev–Trinajstić information content (AvgIpc) is 3.76. The molecule has 11 heteroatoms. The Morgan fingerprint density at radius 2 is 2.02 bits per heavy atom. The van der Waals surface area contributed by atoms with Crippen molar-refractivity contribution in [2.45, 2.75) is 51.2 Å². The minimum atomic E-state index is 0.0925. The molecule has 6 heterocycles. The first-order valence-corrected chi connectivity index (χ1v) is 15.2. The smallest absolute Gasteiger partial charge is 0.254 e. The van der Waals surface area contributed by atoms with Gasteiger partial charge in [-0.15, -0.1) is 11.3 Å². The number of thiazole rings is 1. The fourth-order valence-electron chi connectivity index (χ4n) is 6.49. The van der Waals surface area contributed by atoms with Gasteiger partial charge in [-0.25, -0.2) is 15.0 Å². The van der Waals surface area contributed by atoms with E-state index >= 15 is 0 Å². The SMILES string of the molecule is Cc1cc(Nc2cc3nc(-c4cccc(C(=O)N5CCC[C@H]5C)c4)sc3cn2)nc(N2C[C@@H]3C[C@H]2CN3CCO)n1. The van der Waals surface area contributed by atoms with Crippen LogP contribution in [0.2, 0.25) is 0 Å². The third-order valence-corrected chi connectivity index (χ3v) is 9.60. The predicted molar refractivity (Wildman–Crippen MR) is 161 cm³/mol. The molecule has 3 saturated heterocycles. The lowest BCUT2D eigenvalue weighted by Gasteiger charge is -2.34. The second-order valence-corrected chi connectivity index (χ2v) is 12.4. The van der Waals surface area contributed by atoms with Crippen molar-refractivity contribution in [1.82, 2.24) is 29.7 Å². The lowest BCUT2D eigenvalue weighted by atomic mass is 10.1. The molecule has 41 heavy (non-hydrogen) atoms. The van der Waals surface area contributed by atoms with Crippen molar-refractivity contribution in [3.05, 3.63) is 53.9 Å². The predicted octanol–water partition coefficient (Wildman–Crippen LogP) is 4.08. The Bertz CT molecular complexity index is 1610. The highest BCUT2D eigenvalue weighted by Crippen LogP contribution is 2.35. The Kier molecular flexibility index (Phi) is 6.80. The maximum absolute atomic E-state index is 13.1. The van der Waals surface area contributed by atoms with E-state index in [1.807, 2.05) is 54.4 Å². The van der Waals surface area contributed by atoms with E-state index < -0.39 is 0 Å². The molecule has 212 valence electrons. The van der Waals surface area contributed by atoms with Crippen molar-refractivity contribution in [3.63, 3.8) is 0 Å². The van der Waals surface area contributed by atoms with Gasteiger partial charge < -0.3 is 20.2 Å². The number of nitrogens with one attached hydrogen (secondary N) is 1. The highest BCUT2D eigenvalue weighted by molar-refractivity contribution is 7.21. The van der Waals surface area contributed by atoms with E-state index in [9.17, 15) is 9.90 Å². The Labute approximate surface area is 243 Å². The third kappa shape index (κ3) is 5.02. The van der Waals surface area contributed by atoms with Crippen LogP contribution < -0.4 is 10.2 Å². The van der Waals surface area contributed by atoms with E-state index in [0.29, 0.717) is 29.3 Å². The van der Waals surface area contributed by atoms with Gasteiger partial charge in [0, 0.05) is 79.5 Å². The summed E-state index contributed by atoms with van der Waals surface area (Å²) in [6, 6.07) is 12.8. The monoisotopic (exact) mass is 570 g/mol. The van der Waals surface area contributed by atoms with Crippen LogP contribution in [0.4, 0.5) is 17.6 Å². The molecule has 7 rings (SSSR count). The zero-order valence-electron chi connectivity index (χ0n) is 23.3. The molecule has 3 fully saturated rings. The van der Waals surface area contributed by atoms with Crippen LogP contribution in [0.15, 0.2) is 42.6 Å². The number of fused-ring (bicyclic) bond motifs is 3. The number of aliphatic hydroxyl groups is 1. The number of anilines is 3. The number of likely N-dealkylation sites (tertiary alicyclic amines) is 2. The zero-order chi connectivity index (χ0) is 28.1. The van der Waals surface area contributed by atoms with E-state index in [1.165, 1.54) is 0 Å². The van der Waals surface area contributed by atoms with Gasteiger partial charge in [0.25, 0.3) is 5.91 Å². The van der Waals surface area contributed by atoms with Gasteiger partial charge in [-0.05, 0) is 45.2 Å². The van der Waals surface area contributed by atoms with Crippen LogP contribution in [0.5, 0.6) is 0 Å². The van der Waals surface area contributed by atoms with Gasteiger partial charge >= 0.3 is 0 Å². The lowest BCUT2D eigenvalue weighted by Crippen LogP contribution is -2.47. The highest BCUT2D eigenvalue weighted by atomic mass is 32.1. The molecule has 10 nitrogen and oxygen atoms in total. The lowest BCUT2D eigenvalue weighted by molar-refractivity contribution is 0.0747. The maximum atomic E-state index is 13.1. The molecule has 1 amide bonds. The summed E-state index contributed by atoms with van der Waals surface area (Å²) >= 11 is 1.57. The molecule has 0 unspecified atom stereocenters. The fourth-order valence-corrected chi connectivity index (χ4v) is 7.40. The van der Waals surface area contributed by atoms with Crippen molar-refractivity contribution in [2.75, 3.05) is 43.0 Å². The third-order valence-electron chi connectivity index (χ3n) is 8.54. The Hall–Kier alpha value is -3.67. The fraction of sp³-hybridized carbons (Fsp3) is 0.433. The van der Waals surface area contributed by atoms with Gasteiger partial charge in [0.05, 0.1) is 16.8 Å². The quantitative estimate of drug-likeness (QED) is 0.340. The Morgan fingerprint density at radius 3 is 2.80 bits per heavy atom. The zero-order valence-corrected chi connectivity index (χ0v) is 24.1. The van der Waals surface area contributed by atoms with Crippen LogP contribution in [0.25, 0.3) is 20.8 Å². The first-order chi connectivity index (χ1) is 19.9. The van der Waals surface area contributed by atoms with E-state index in [2.05, 4.69) is 27.0 Å². The maximum Gasteiger partial charge on any atom is 0.254 e. The summed E-state index contributed by atoms with van der Waals surface area (Å²) in [5.41, 5.74) is 3.38. The second-order valence-electron chi connectivity index (χ2n) is 11.4. The number of pyridine rings is 1. The Balaban J connectivity index is 1.10. The van der Waals surface area contributed by atoms with Gasteiger partial charge in [-0.1, -0.05) is 12.1 Å². The van der Waals surface area contributed by atoms with Crippen molar-refractivity contribution >= 4 is 45.0 Å². The molecule has 3 aromatic heterocycles. The first kappa shape index (κ1) is 26.2. The van der Waals surface area contributed by atoms with Crippen molar-refractivity contribution in [3.8, 4) is 10.6 Å². The molecule has 3 aliphatic heterocycles. The van der Waals surface area contributed by atoms with Gasteiger partial charge in [0.15, 0.2) is 0 Å². The number of amides is 1. The van der Waals surface area contributed by atoms with Crippen LogP contribution in [0, 0.1) is 6.92 Å². The molecule has 2 bridgehead atoms. The number of nitrogens with zero attached hydrogens (tertiary/aromatic N) is 7. The number of aromatic nitrogens is 4. The van der Waals surface area contributed by atoms with Crippen molar-refractivity contribution in [1.29, 1.82) is 0 Å². The van der Waals surface area contributed by atoms with E-state index in [4.69, 9.17) is 15.0 Å². The van der Waals surface area contributed by atoms with Gasteiger partial charge in [-0.3, -0.25) is 9.69 Å². The number of β-amino-alcohol motifs (C(OH)–C–C–N with tert-alkyl or cyclic N) is 1. The molecule has 2 N–H and O–H groups in total. The van der Waals surface area contributed by atoms with Gasteiger partial charge in [0.2, 0.25) is 5.95 Å². The van der Waals surface area contributed by atoms with E-state index in [-0.39, 0.29) is 18.6 Å². The molecule has 1 aromatic carbocycles. The summed E-state index contributed by atoms with van der Waals surface area (Å²) in [6.45, 7) is 7.66.